The lowest BCUT2D eigenvalue weighted by Gasteiger charge is -2.10. The third-order valence-electron chi connectivity index (χ3n) is 9.66. The lowest BCUT2D eigenvalue weighted by atomic mass is 10.0. The Morgan fingerprint density at radius 2 is 1.02 bits per heavy atom. The minimum absolute atomic E-state index is 0.0274. The van der Waals surface area contributed by atoms with Gasteiger partial charge in [0, 0.05) is 22.7 Å². The number of nitrogens with zero attached hydrogens (tertiary/aromatic N) is 1. The Balaban J connectivity index is 1.25. The van der Waals surface area contributed by atoms with Gasteiger partial charge in [-0.1, -0.05) is 115 Å². The van der Waals surface area contributed by atoms with Crippen molar-refractivity contribution in [2.24, 2.45) is 0 Å². The summed E-state index contributed by atoms with van der Waals surface area (Å²) in [5.74, 6) is 0.395. The van der Waals surface area contributed by atoms with Gasteiger partial charge in [0.15, 0.2) is 0 Å². The molecular formula is C45H31NO6S2. The number of hydrogen-bond acceptors (Lipinski definition) is 6. The standard InChI is InChI=1S/C45H31NO6S2/c47-53(48,51-33-16-6-2-7-17-33)35-22-24-37-38-25-23-36(54(49,50)52-34-18-8-3-9-19-34)29-42(38)39(41(37)28-35)26-27-43-40-20-10-14-32-15-11-21-44(45(32)40)46(43)30-31-12-4-1-5-13-31/h1-29H,30H2/b43-27+. The molecule has 9 rings (SSSR count). The van der Waals surface area contributed by atoms with Crippen LogP contribution in [0.2, 0.25) is 0 Å². The van der Waals surface area contributed by atoms with Crippen molar-refractivity contribution in [3.63, 3.8) is 0 Å². The van der Waals surface area contributed by atoms with Crippen molar-refractivity contribution in [1.82, 2.24) is 4.57 Å². The van der Waals surface area contributed by atoms with Gasteiger partial charge in [0.25, 0.3) is 0 Å². The molecule has 0 radical (unpaired) electrons. The van der Waals surface area contributed by atoms with Crippen LogP contribution >= 0.6 is 0 Å². The molecule has 0 saturated carbocycles. The fourth-order valence-electron chi connectivity index (χ4n) is 7.21. The van der Waals surface area contributed by atoms with Crippen molar-refractivity contribution in [3.8, 4) is 22.6 Å². The van der Waals surface area contributed by atoms with E-state index in [0.717, 1.165) is 43.7 Å². The van der Waals surface area contributed by atoms with Crippen LogP contribution in [0.4, 0.5) is 0 Å². The minimum atomic E-state index is -4.22. The summed E-state index contributed by atoms with van der Waals surface area (Å²) in [4.78, 5) is -0.0547. The van der Waals surface area contributed by atoms with Crippen LogP contribution in [-0.2, 0) is 26.8 Å². The average Bonchev–Trinajstić information content (AvgIpc) is 3.66. The Morgan fingerprint density at radius 1 is 0.500 bits per heavy atom. The SMILES string of the molecule is O=S(=O)(Oc1ccccc1)c1ccc2c(c1)C(=C/C=c1\c3cccc4cccc(c43)n1Cc1ccccc1)c1cc(S(=O)(=O)Oc3ccccc3)ccc1-2. The van der Waals surface area contributed by atoms with Gasteiger partial charge in [0.05, 0.1) is 5.52 Å². The van der Waals surface area contributed by atoms with Gasteiger partial charge in [0.1, 0.15) is 21.3 Å². The molecular weight excluding hydrogens is 715 g/mol. The highest BCUT2D eigenvalue weighted by atomic mass is 32.2. The predicted molar refractivity (Wildman–Crippen MR) is 212 cm³/mol. The third-order valence-corrected chi connectivity index (χ3v) is 12.1. The van der Waals surface area contributed by atoms with Gasteiger partial charge in [-0.05, 0) is 99.4 Å². The Hall–Kier alpha value is -6.42. The number of fused-ring (bicyclic) bond motifs is 3. The number of benzene rings is 7. The van der Waals surface area contributed by atoms with Gasteiger partial charge in [-0.3, -0.25) is 0 Å². The summed E-state index contributed by atoms with van der Waals surface area (Å²) in [5.41, 5.74) is 5.66. The zero-order chi connectivity index (χ0) is 36.9. The van der Waals surface area contributed by atoms with Crippen LogP contribution in [0.3, 0.4) is 0 Å². The minimum Gasteiger partial charge on any atom is -0.379 e. The smallest absolute Gasteiger partial charge is 0.339 e. The van der Waals surface area contributed by atoms with E-state index < -0.39 is 20.2 Å². The van der Waals surface area contributed by atoms with Gasteiger partial charge in [-0.15, -0.1) is 0 Å². The van der Waals surface area contributed by atoms with E-state index in [9.17, 15) is 16.8 Å². The van der Waals surface area contributed by atoms with E-state index in [2.05, 4.69) is 47.0 Å². The lowest BCUT2D eigenvalue weighted by Crippen LogP contribution is -2.17. The Morgan fingerprint density at radius 3 is 1.57 bits per heavy atom. The molecule has 0 N–H and O–H groups in total. The molecule has 0 saturated heterocycles. The molecule has 1 heterocycles. The molecule has 7 aromatic carbocycles. The molecule has 8 aromatic rings. The van der Waals surface area contributed by atoms with E-state index in [1.165, 1.54) is 12.1 Å². The topological polar surface area (TPSA) is 91.7 Å². The molecule has 0 spiro atoms. The van der Waals surface area contributed by atoms with Crippen LogP contribution in [-0.4, -0.2) is 21.4 Å². The van der Waals surface area contributed by atoms with Gasteiger partial charge in [-0.25, -0.2) is 0 Å². The molecule has 264 valence electrons. The lowest BCUT2D eigenvalue weighted by molar-refractivity contribution is 0.484. The maximum Gasteiger partial charge on any atom is 0.339 e. The molecule has 1 aliphatic carbocycles. The quantitative estimate of drug-likeness (QED) is 0.137. The van der Waals surface area contributed by atoms with Crippen molar-refractivity contribution in [3.05, 3.63) is 192 Å². The summed E-state index contributed by atoms with van der Waals surface area (Å²) in [5, 5.41) is 4.29. The Labute approximate surface area is 312 Å². The molecule has 0 amide bonds. The van der Waals surface area contributed by atoms with Gasteiger partial charge >= 0.3 is 20.2 Å². The highest BCUT2D eigenvalue weighted by molar-refractivity contribution is 7.87. The number of hydrogen-bond donors (Lipinski definition) is 0. The normalized spacial score (nSPS) is 12.9. The first-order valence-electron chi connectivity index (χ1n) is 17.3. The van der Waals surface area contributed by atoms with Crippen LogP contribution in [0.25, 0.3) is 44.5 Å². The van der Waals surface area contributed by atoms with Crippen LogP contribution in [0.5, 0.6) is 11.5 Å². The van der Waals surface area contributed by atoms with Gasteiger partial charge in [-0.2, -0.15) is 16.8 Å². The second-order valence-corrected chi connectivity index (χ2v) is 16.1. The molecule has 0 fully saturated rings. The summed E-state index contributed by atoms with van der Waals surface area (Å²) in [7, 11) is -8.43. The van der Waals surface area contributed by atoms with Crippen LogP contribution in [0.1, 0.15) is 16.7 Å². The fourth-order valence-corrected chi connectivity index (χ4v) is 9.13. The van der Waals surface area contributed by atoms with Gasteiger partial charge in [0.2, 0.25) is 0 Å². The van der Waals surface area contributed by atoms with Crippen LogP contribution in [0, 0.1) is 0 Å². The van der Waals surface area contributed by atoms with Crippen molar-refractivity contribution in [2.75, 3.05) is 0 Å². The highest BCUT2D eigenvalue weighted by Gasteiger charge is 2.29. The van der Waals surface area contributed by atoms with Crippen molar-refractivity contribution in [2.45, 2.75) is 16.3 Å². The maximum absolute atomic E-state index is 13.6. The molecule has 0 unspecified atom stereocenters. The van der Waals surface area contributed by atoms with E-state index in [1.807, 2.05) is 36.4 Å². The largest absolute Gasteiger partial charge is 0.379 e. The van der Waals surface area contributed by atoms with Crippen LogP contribution in [0.15, 0.2) is 180 Å². The van der Waals surface area contributed by atoms with Crippen molar-refractivity contribution < 1.29 is 25.2 Å². The fraction of sp³-hybridized carbons (Fsp3) is 0.0222. The molecule has 54 heavy (non-hydrogen) atoms. The molecule has 1 aliphatic rings. The monoisotopic (exact) mass is 745 g/mol. The summed E-state index contributed by atoms with van der Waals surface area (Å²) < 4.78 is 67.7. The number of rotatable bonds is 9. The predicted octanol–water partition coefficient (Wildman–Crippen LogP) is 8.99. The number of allylic oxidation sites excluding steroid dienone is 1. The molecule has 1 aromatic heterocycles. The zero-order valence-electron chi connectivity index (χ0n) is 28.7. The summed E-state index contributed by atoms with van der Waals surface area (Å²) in [6.45, 7) is 0.620. The number of aromatic nitrogens is 1. The second kappa shape index (κ2) is 13.2. The highest BCUT2D eigenvalue weighted by Crippen LogP contribution is 2.46. The third kappa shape index (κ3) is 6.03. The van der Waals surface area contributed by atoms with Crippen molar-refractivity contribution in [1.29, 1.82) is 0 Å². The first-order valence-corrected chi connectivity index (χ1v) is 20.1. The molecule has 0 atom stereocenters. The summed E-state index contributed by atoms with van der Waals surface area (Å²) in [6.07, 6.45) is 3.99. The molecule has 9 heteroatoms. The summed E-state index contributed by atoms with van der Waals surface area (Å²) in [6, 6.07) is 49.2. The zero-order valence-corrected chi connectivity index (χ0v) is 30.3. The van der Waals surface area contributed by atoms with Crippen molar-refractivity contribution >= 4 is 53.6 Å². The first kappa shape index (κ1) is 33.4. The molecule has 0 aliphatic heterocycles. The Bertz CT molecular complexity index is 2900. The van der Waals surface area contributed by atoms with Gasteiger partial charge < -0.3 is 12.9 Å². The van der Waals surface area contributed by atoms with E-state index in [0.29, 0.717) is 23.2 Å². The Kier molecular flexibility index (Phi) is 8.18. The maximum atomic E-state index is 13.6. The van der Waals surface area contributed by atoms with Crippen LogP contribution < -0.4 is 13.7 Å². The van der Waals surface area contributed by atoms with E-state index in [4.69, 9.17) is 8.37 Å². The van der Waals surface area contributed by atoms with E-state index in [1.54, 1.807) is 84.9 Å². The summed E-state index contributed by atoms with van der Waals surface area (Å²) >= 11 is 0. The number of para-hydroxylation sites is 2. The second-order valence-electron chi connectivity index (χ2n) is 13.0. The van der Waals surface area contributed by atoms with E-state index in [-0.39, 0.29) is 21.3 Å². The van der Waals surface area contributed by atoms with E-state index >= 15 is 0 Å². The average molecular weight is 746 g/mol. The first-order chi connectivity index (χ1) is 26.2. The molecule has 7 nitrogen and oxygen atoms in total. The molecule has 0 bridgehead atoms.